The van der Waals surface area contributed by atoms with Crippen LogP contribution in [0.5, 0.6) is 0 Å². The van der Waals surface area contributed by atoms with Crippen LogP contribution in [0.1, 0.15) is 34.5 Å². The molecule has 3 aromatic heterocycles. The van der Waals surface area contributed by atoms with Crippen molar-refractivity contribution in [1.29, 1.82) is 0 Å². The molecular weight excluding hydrogens is 360 g/mol. The minimum atomic E-state index is -0.403. The number of aryl methyl sites for hydroxylation is 3. The average Bonchev–Trinajstić information content (AvgIpc) is 3.29. The number of aromatic nitrogens is 5. The molecule has 0 atom stereocenters. The summed E-state index contributed by atoms with van der Waals surface area (Å²) in [6, 6.07) is 10.1. The van der Waals surface area contributed by atoms with E-state index in [4.69, 9.17) is 0 Å². The van der Waals surface area contributed by atoms with Crippen molar-refractivity contribution in [2.45, 2.75) is 27.2 Å². The lowest BCUT2D eigenvalue weighted by Gasteiger charge is -1.99. The molecule has 4 rings (SSSR count). The molecule has 0 bridgehead atoms. The van der Waals surface area contributed by atoms with Crippen molar-refractivity contribution < 1.29 is 4.79 Å². The lowest BCUT2D eigenvalue weighted by Crippen LogP contribution is -2.13. The molecule has 0 radical (unpaired) electrons. The van der Waals surface area contributed by atoms with Gasteiger partial charge in [-0.3, -0.25) is 10.1 Å². The third-order valence-electron chi connectivity index (χ3n) is 4.20. The molecule has 1 amide bonds. The van der Waals surface area contributed by atoms with Crippen LogP contribution in [0.15, 0.2) is 35.7 Å². The fourth-order valence-electron chi connectivity index (χ4n) is 2.79. The van der Waals surface area contributed by atoms with E-state index >= 15 is 0 Å². The van der Waals surface area contributed by atoms with Gasteiger partial charge >= 0.3 is 0 Å². The van der Waals surface area contributed by atoms with Crippen LogP contribution >= 0.6 is 11.3 Å². The Bertz CT molecular complexity index is 1130. The normalized spacial score (nSPS) is 11.1. The standard InChI is InChI=1S/C19H18N6OS/c1-4-13-5-7-14(8-6-13)15-10-27-19(21-15)23-17(26)16-22-18-20-11(2)9-12(3)25(18)24-16/h5-10H,4H2,1-3H3,(H,21,23,26). The molecule has 4 aromatic rings. The number of nitrogens with zero attached hydrogens (tertiary/aromatic N) is 5. The fraction of sp³-hybridized carbons (Fsp3) is 0.211. The predicted octanol–water partition coefficient (Wildman–Crippen LogP) is 3.68. The first-order valence-corrected chi connectivity index (χ1v) is 9.48. The van der Waals surface area contributed by atoms with Crippen molar-refractivity contribution in [1.82, 2.24) is 24.6 Å². The van der Waals surface area contributed by atoms with E-state index in [1.165, 1.54) is 16.9 Å². The van der Waals surface area contributed by atoms with E-state index in [0.29, 0.717) is 10.9 Å². The lowest BCUT2D eigenvalue weighted by atomic mass is 10.1. The third kappa shape index (κ3) is 3.43. The summed E-state index contributed by atoms with van der Waals surface area (Å²) >= 11 is 1.37. The van der Waals surface area contributed by atoms with Crippen LogP contribution in [0.4, 0.5) is 5.13 Å². The number of nitrogens with one attached hydrogen (secondary N) is 1. The predicted molar refractivity (Wildman–Crippen MR) is 105 cm³/mol. The van der Waals surface area contributed by atoms with Crippen LogP contribution in [0.2, 0.25) is 0 Å². The van der Waals surface area contributed by atoms with E-state index in [9.17, 15) is 4.79 Å². The second-order valence-corrected chi connectivity index (χ2v) is 7.09. The maximum absolute atomic E-state index is 12.5. The second-order valence-electron chi connectivity index (χ2n) is 6.23. The van der Waals surface area contributed by atoms with Gasteiger partial charge < -0.3 is 0 Å². The molecule has 0 aliphatic heterocycles. The van der Waals surface area contributed by atoms with Gasteiger partial charge in [0, 0.05) is 22.3 Å². The molecule has 27 heavy (non-hydrogen) atoms. The number of benzene rings is 1. The number of thiazole rings is 1. The summed E-state index contributed by atoms with van der Waals surface area (Å²) in [5, 5.41) is 9.44. The lowest BCUT2D eigenvalue weighted by molar-refractivity contribution is 0.101. The van der Waals surface area contributed by atoms with Crippen LogP contribution < -0.4 is 5.32 Å². The van der Waals surface area contributed by atoms with Crippen LogP contribution in [0, 0.1) is 13.8 Å². The molecule has 136 valence electrons. The molecular formula is C19H18N6OS. The van der Waals surface area contributed by atoms with Crippen LogP contribution in [-0.2, 0) is 6.42 Å². The third-order valence-corrected chi connectivity index (χ3v) is 4.96. The Morgan fingerprint density at radius 1 is 1.15 bits per heavy atom. The summed E-state index contributed by atoms with van der Waals surface area (Å²) in [7, 11) is 0. The molecule has 0 aliphatic rings. The van der Waals surface area contributed by atoms with Gasteiger partial charge in [0.2, 0.25) is 5.82 Å². The summed E-state index contributed by atoms with van der Waals surface area (Å²) in [5.74, 6) is 0.0773. The summed E-state index contributed by atoms with van der Waals surface area (Å²) in [6.07, 6.45) is 0.999. The molecule has 0 saturated heterocycles. The monoisotopic (exact) mass is 378 g/mol. The first-order valence-electron chi connectivity index (χ1n) is 8.60. The molecule has 1 N–H and O–H groups in total. The van der Waals surface area contributed by atoms with Crippen molar-refractivity contribution in [2.75, 3.05) is 5.32 Å². The Kier molecular flexibility index (Phi) is 4.41. The highest BCUT2D eigenvalue weighted by Gasteiger charge is 2.17. The zero-order valence-corrected chi connectivity index (χ0v) is 16.0. The van der Waals surface area contributed by atoms with Gasteiger partial charge in [-0.2, -0.15) is 4.98 Å². The Morgan fingerprint density at radius 3 is 2.67 bits per heavy atom. The van der Waals surface area contributed by atoms with Crippen molar-refractivity contribution in [3.05, 3.63) is 58.5 Å². The SMILES string of the molecule is CCc1ccc(-c2csc(NC(=O)c3nc4nc(C)cc(C)n4n3)n2)cc1. The number of carbonyl (C=O) groups excluding carboxylic acids is 1. The van der Waals surface area contributed by atoms with Crippen molar-refractivity contribution in [3.63, 3.8) is 0 Å². The number of hydrogen-bond acceptors (Lipinski definition) is 6. The Hall–Kier alpha value is -3.13. The van der Waals surface area contributed by atoms with Gasteiger partial charge in [0.05, 0.1) is 5.69 Å². The van der Waals surface area contributed by atoms with E-state index in [1.54, 1.807) is 4.52 Å². The number of anilines is 1. The van der Waals surface area contributed by atoms with Gasteiger partial charge in [0.25, 0.3) is 11.7 Å². The minimum Gasteiger partial charge on any atom is -0.295 e. The molecule has 3 heterocycles. The number of carbonyl (C=O) groups is 1. The molecule has 0 unspecified atom stereocenters. The highest BCUT2D eigenvalue weighted by Crippen LogP contribution is 2.25. The maximum atomic E-state index is 12.5. The summed E-state index contributed by atoms with van der Waals surface area (Å²) < 4.78 is 1.56. The highest BCUT2D eigenvalue weighted by atomic mass is 32.1. The van der Waals surface area contributed by atoms with E-state index in [0.717, 1.165) is 29.1 Å². The quantitative estimate of drug-likeness (QED) is 0.585. The molecule has 0 fully saturated rings. The molecule has 0 saturated carbocycles. The minimum absolute atomic E-state index is 0.0697. The Balaban J connectivity index is 1.55. The number of amides is 1. The first-order chi connectivity index (χ1) is 13.0. The molecule has 0 spiro atoms. The highest BCUT2D eigenvalue weighted by molar-refractivity contribution is 7.14. The summed E-state index contributed by atoms with van der Waals surface area (Å²) in [4.78, 5) is 25.5. The average molecular weight is 378 g/mol. The zero-order chi connectivity index (χ0) is 19.0. The van der Waals surface area contributed by atoms with E-state index in [-0.39, 0.29) is 5.82 Å². The number of hydrogen-bond donors (Lipinski definition) is 1. The van der Waals surface area contributed by atoms with E-state index in [2.05, 4.69) is 44.4 Å². The Morgan fingerprint density at radius 2 is 1.93 bits per heavy atom. The van der Waals surface area contributed by atoms with Crippen LogP contribution in [-0.4, -0.2) is 30.5 Å². The van der Waals surface area contributed by atoms with Gasteiger partial charge in [-0.05, 0) is 31.9 Å². The van der Waals surface area contributed by atoms with E-state index < -0.39 is 5.91 Å². The smallest absolute Gasteiger partial charge is 0.295 e. The maximum Gasteiger partial charge on any atom is 0.297 e. The molecule has 0 aliphatic carbocycles. The van der Waals surface area contributed by atoms with Gasteiger partial charge in [-0.25, -0.2) is 14.5 Å². The van der Waals surface area contributed by atoms with Gasteiger partial charge in [0.15, 0.2) is 5.13 Å². The van der Waals surface area contributed by atoms with Crippen molar-refractivity contribution >= 4 is 28.2 Å². The van der Waals surface area contributed by atoms with Gasteiger partial charge in [-0.1, -0.05) is 31.2 Å². The summed E-state index contributed by atoms with van der Waals surface area (Å²) in [5.41, 5.74) is 4.83. The number of fused-ring (bicyclic) bond motifs is 1. The fourth-order valence-corrected chi connectivity index (χ4v) is 3.51. The topological polar surface area (TPSA) is 85.1 Å². The molecule has 7 nitrogen and oxygen atoms in total. The Labute approximate surface area is 160 Å². The second kappa shape index (κ2) is 6.88. The van der Waals surface area contributed by atoms with E-state index in [1.807, 2.05) is 37.4 Å². The summed E-state index contributed by atoms with van der Waals surface area (Å²) in [6.45, 7) is 5.90. The first kappa shape index (κ1) is 17.3. The van der Waals surface area contributed by atoms with Crippen LogP contribution in [0.25, 0.3) is 17.0 Å². The number of rotatable bonds is 4. The van der Waals surface area contributed by atoms with Crippen LogP contribution in [0.3, 0.4) is 0 Å². The van der Waals surface area contributed by atoms with Crippen molar-refractivity contribution in [2.24, 2.45) is 0 Å². The largest absolute Gasteiger partial charge is 0.297 e. The van der Waals surface area contributed by atoms with Gasteiger partial charge in [-0.15, -0.1) is 16.4 Å². The van der Waals surface area contributed by atoms with Crippen molar-refractivity contribution in [3.8, 4) is 11.3 Å². The van der Waals surface area contributed by atoms with Gasteiger partial charge in [0.1, 0.15) is 0 Å². The molecule has 8 heteroatoms. The molecule has 1 aromatic carbocycles. The zero-order valence-electron chi connectivity index (χ0n) is 15.2.